The Morgan fingerprint density at radius 2 is 0.657 bits per heavy atom. The predicted molar refractivity (Wildman–Crippen MR) is 298 cm³/mol. The molecule has 0 aliphatic rings. The Morgan fingerprint density at radius 1 is 0.243 bits per heavy atom. The molecule has 4 nitrogen and oxygen atoms in total. The maximum absolute atomic E-state index is 2.63. The molecule has 0 atom stereocenters. The molecule has 4 aromatic heterocycles. The van der Waals surface area contributed by atoms with Gasteiger partial charge in [0.2, 0.25) is 0 Å². The first kappa shape index (κ1) is 37.7. The van der Waals surface area contributed by atoms with Crippen molar-refractivity contribution in [3.05, 3.63) is 243 Å². The second-order valence-corrected chi connectivity index (χ2v) is 18.8. The molecule has 16 rings (SSSR count). The Balaban J connectivity index is 1.13. The van der Waals surface area contributed by atoms with Crippen molar-refractivity contribution in [2.75, 3.05) is 9.80 Å². The molecule has 0 amide bonds. The van der Waals surface area contributed by atoms with Gasteiger partial charge >= 0.3 is 0 Å². The molecule has 0 radical (unpaired) electrons. The molecule has 0 aliphatic heterocycles. The van der Waals surface area contributed by atoms with Gasteiger partial charge in [-0.25, -0.2) is 0 Å². The number of para-hydroxylation sites is 5. The second kappa shape index (κ2) is 14.1. The minimum atomic E-state index is 1.11. The van der Waals surface area contributed by atoms with E-state index in [-0.39, 0.29) is 0 Å². The maximum Gasteiger partial charge on any atom is 0.0789 e. The number of benzene rings is 12. The average Bonchev–Trinajstić information content (AvgIpc) is 4.17. The monoisotopic (exact) mass is 888 g/mol. The van der Waals surface area contributed by atoms with Crippen LogP contribution in [-0.2, 0) is 0 Å². The molecule has 0 saturated heterocycles. The largest absolute Gasteiger partial charge is 0.308 e. The van der Waals surface area contributed by atoms with Gasteiger partial charge in [-0.05, 0) is 106 Å². The van der Waals surface area contributed by atoms with Crippen molar-refractivity contribution in [1.82, 2.24) is 8.80 Å². The van der Waals surface area contributed by atoms with Gasteiger partial charge < -0.3 is 18.6 Å². The van der Waals surface area contributed by atoms with Crippen molar-refractivity contribution in [2.45, 2.75) is 0 Å². The molecule has 0 N–H and O–H groups in total. The van der Waals surface area contributed by atoms with Crippen LogP contribution in [0.15, 0.2) is 243 Å². The van der Waals surface area contributed by atoms with Crippen LogP contribution in [0.5, 0.6) is 0 Å². The molecule has 0 aliphatic carbocycles. The minimum Gasteiger partial charge on any atom is -0.308 e. The molecule has 0 unspecified atom stereocenters. The number of nitrogens with zero attached hydrogens (tertiary/aromatic N) is 4. The third-order valence-electron chi connectivity index (χ3n) is 15.2. The lowest BCUT2D eigenvalue weighted by Gasteiger charge is -2.28. The fourth-order valence-electron chi connectivity index (χ4n) is 12.5. The molecule has 12 aromatic carbocycles. The second-order valence-electron chi connectivity index (χ2n) is 18.8. The summed E-state index contributed by atoms with van der Waals surface area (Å²) < 4.78 is 5.23. The first-order valence-corrected chi connectivity index (χ1v) is 24.2. The van der Waals surface area contributed by atoms with Crippen molar-refractivity contribution in [3.63, 3.8) is 0 Å². The van der Waals surface area contributed by atoms with Crippen molar-refractivity contribution >= 4 is 143 Å². The standard InChI is InChI=1S/C66H40N4/c1-5-23-44(24-6-1)67(45-25-7-2-8-26-45)57-40-43-22-14-17-32-49(43)61-60-48-31-16-13-20-41(48)39-54-59-56(70(63(54)60)66(57)61)37-36-55-58(59)52-35-19-34-51-53-38-42-21-15-18-33-50(42)64(65(53)69(55)62(51)52)68(46-27-9-3-10-28-46)47-29-11-4-12-30-47/h1-40H. The summed E-state index contributed by atoms with van der Waals surface area (Å²) in [6, 6.07) is 89.5. The highest BCUT2D eigenvalue weighted by Gasteiger charge is 2.30. The molecule has 0 spiro atoms. The van der Waals surface area contributed by atoms with E-state index >= 15 is 0 Å². The Bertz CT molecular complexity index is 4670. The number of fused-ring (bicyclic) bond motifs is 18. The summed E-state index contributed by atoms with van der Waals surface area (Å²) in [5, 5.41) is 17.6. The summed E-state index contributed by atoms with van der Waals surface area (Å²) in [5.41, 5.74) is 14.1. The molecular formula is C66H40N4. The summed E-state index contributed by atoms with van der Waals surface area (Å²) in [7, 11) is 0. The third-order valence-corrected chi connectivity index (χ3v) is 15.2. The van der Waals surface area contributed by atoms with Gasteiger partial charge in [0, 0.05) is 71.2 Å². The summed E-state index contributed by atoms with van der Waals surface area (Å²) in [5.74, 6) is 0. The van der Waals surface area contributed by atoms with Gasteiger partial charge in [0.1, 0.15) is 0 Å². The quantitative estimate of drug-likeness (QED) is 0.165. The maximum atomic E-state index is 2.63. The highest BCUT2D eigenvalue weighted by Crippen LogP contribution is 2.54. The third kappa shape index (κ3) is 4.93. The Morgan fingerprint density at radius 3 is 1.24 bits per heavy atom. The Hall–Kier alpha value is -9.38. The van der Waals surface area contributed by atoms with Crippen molar-refractivity contribution < 1.29 is 0 Å². The fraction of sp³-hybridized carbons (Fsp3) is 0. The zero-order chi connectivity index (χ0) is 45.6. The van der Waals surface area contributed by atoms with Gasteiger partial charge in [-0.15, -0.1) is 0 Å². The lowest BCUT2D eigenvalue weighted by atomic mass is 9.95. The molecule has 0 fully saturated rings. The van der Waals surface area contributed by atoms with E-state index < -0.39 is 0 Å². The number of aromatic nitrogens is 2. The van der Waals surface area contributed by atoms with Gasteiger partial charge in [-0.1, -0.05) is 164 Å². The lowest BCUT2D eigenvalue weighted by Crippen LogP contribution is -2.11. The van der Waals surface area contributed by atoms with Crippen LogP contribution in [0.25, 0.3) is 109 Å². The zero-order valence-corrected chi connectivity index (χ0v) is 37.9. The minimum absolute atomic E-state index is 1.11. The van der Waals surface area contributed by atoms with Crippen LogP contribution in [0, 0.1) is 0 Å². The molecule has 4 heterocycles. The summed E-state index contributed by atoms with van der Waals surface area (Å²) in [6.07, 6.45) is 0. The van der Waals surface area contributed by atoms with Crippen molar-refractivity contribution in [1.29, 1.82) is 0 Å². The van der Waals surface area contributed by atoms with Gasteiger partial charge in [-0.3, -0.25) is 0 Å². The van der Waals surface area contributed by atoms with E-state index in [2.05, 4.69) is 261 Å². The topological polar surface area (TPSA) is 15.3 Å². The van der Waals surface area contributed by atoms with Crippen LogP contribution >= 0.6 is 0 Å². The number of rotatable bonds is 6. The molecule has 0 saturated carbocycles. The van der Waals surface area contributed by atoms with Crippen LogP contribution in [0.4, 0.5) is 34.1 Å². The molecule has 16 aromatic rings. The van der Waals surface area contributed by atoms with E-state index in [4.69, 9.17) is 0 Å². The molecule has 0 bridgehead atoms. The van der Waals surface area contributed by atoms with Crippen LogP contribution < -0.4 is 9.80 Å². The zero-order valence-electron chi connectivity index (χ0n) is 37.9. The van der Waals surface area contributed by atoms with E-state index in [0.29, 0.717) is 0 Å². The van der Waals surface area contributed by atoms with Gasteiger partial charge in [-0.2, -0.15) is 0 Å². The highest BCUT2D eigenvalue weighted by molar-refractivity contribution is 6.41. The van der Waals surface area contributed by atoms with Crippen LogP contribution in [0.2, 0.25) is 0 Å². The Kier molecular flexibility index (Phi) is 7.58. The van der Waals surface area contributed by atoms with Crippen LogP contribution in [0.3, 0.4) is 0 Å². The van der Waals surface area contributed by atoms with E-state index in [9.17, 15) is 0 Å². The van der Waals surface area contributed by atoms with Gasteiger partial charge in [0.05, 0.1) is 44.5 Å². The molecular weight excluding hydrogens is 849 g/mol. The van der Waals surface area contributed by atoms with Crippen molar-refractivity contribution in [3.8, 4) is 0 Å². The molecule has 70 heavy (non-hydrogen) atoms. The van der Waals surface area contributed by atoms with Crippen LogP contribution in [-0.4, -0.2) is 8.80 Å². The van der Waals surface area contributed by atoms with E-state index in [1.165, 1.54) is 114 Å². The summed E-state index contributed by atoms with van der Waals surface area (Å²) >= 11 is 0. The summed E-state index contributed by atoms with van der Waals surface area (Å²) in [4.78, 5) is 4.93. The van der Waals surface area contributed by atoms with Gasteiger partial charge in [0.25, 0.3) is 0 Å². The van der Waals surface area contributed by atoms with E-state index in [0.717, 1.165) is 28.4 Å². The van der Waals surface area contributed by atoms with Crippen molar-refractivity contribution in [2.24, 2.45) is 0 Å². The normalized spacial score (nSPS) is 12.3. The SMILES string of the molecule is c1ccc(N(c2ccccc2)c2c3ccccc3cc3c4cccc5c6c7c8cc9ccccc9c9c%10c%11ccccc%11cc(N(c%11ccccc%11)c%11ccccc%11)c%10n(c7ccc6n(c23)c45)c89)cc1. The Labute approximate surface area is 402 Å². The number of anilines is 6. The molecule has 4 heteroatoms. The smallest absolute Gasteiger partial charge is 0.0789 e. The predicted octanol–water partition coefficient (Wildman–Crippen LogP) is 18.4. The first-order valence-electron chi connectivity index (χ1n) is 24.2. The van der Waals surface area contributed by atoms with E-state index in [1.807, 2.05) is 0 Å². The average molecular weight is 889 g/mol. The fourth-order valence-corrected chi connectivity index (χ4v) is 12.5. The van der Waals surface area contributed by atoms with Gasteiger partial charge in [0.15, 0.2) is 0 Å². The number of hydrogen-bond acceptors (Lipinski definition) is 2. The van der Waals surface area contributed by atoms with E-state index in [1.54, 1.807) is 0 Å². The summed E-state index contributed by atoms with van der Waals surface area (Å²) in [6.45, 7) is 0. The highest BCUT2D eigenvalue weighted by atomic mass is 15.2. The first-order chi connectivity index (χ1) is 34.8. The lowest BCUT2D eigenvalue weighted by molar-refractivity contribution is 1.27. The van der Waals surface area contributed by atoms with Crippen LogP contribution in [0.1, 0.15) is 0 Å². The molecule has 324 valence electrons. The number of hydrogen-bond donors (Lipinski definition) is 0.